The van der Waals surface area contributed by atoms with Crippen LogP contribution in [0.3, 0.4) is 0 Å². The van der Waals surface area contributed by atoms with Crippen molar-refractivity contribution in [2.75, 3.05) is 6.54 Å². The van der Waals surface area contributed by atoms with Gasteiger partial charge in [0, 0.05) is 12.6 Å². The monoisotopic (exact) mass is 207 g/mol. The lowest BCUT2D eigenvalue weighted by Gasteiger charge is -2.17. The minimum Gasteiger partial charge on any atom is -0.311 e. The fourth-order valence-corrected chi connectivity index (χ4v) is 2.95. The number of nitrogens with one attached hydrogen (secondary N) is 1. The maximum absolute atomic E-state index is 3.51. The highest BCUT2D eigenvalue weighted by molar-refractivity contribution is 5.17. The van der Waals surface area contributed by atoms with Crippen LogP contribution in [0, 0.1) is 11.8 Å². The molecule has 1 heteroatoms. The summed E-state index contributed by atoms with van der Waals surface area (Å²) in [4.78, 5) is 0. The molecule has 1 heterocycles. The van der Waals surface area contributed by atoms with Crippen LogP contribution in [0.2, 0.25) is 0 Å². The van der Waals surface area contributed by atoms with Crippen LogP contribution in [0.15, 0.2) is 11.6 Å². The van der Waals surface area contributed by atoms with Crippen LogP contribution in [0.1, 0.15) is 52.4 Å². The molecule has 2 rings (SSSR count). The first kappa shape index (κ1) is 11.2. The summed E-state index contributed by atoms with van der Waals surface area (Å²) < 4.78 is 0. The molecule has 0 aromatic heterocycles. The molecule has 0 aromatic rings. The number of unbranched alkanes of at least 4 members (excludes halogenated alkanes) is 2. The molecule has 0 saturated carbocycles. The normalized spacial score (nSPS) is 34.3. The minimum atomic E-state index is 0.858. The first-order chi connectivity index (χ1) is 7.35. The van der Waals surface area contributed by atoms with Crippen molar-refractivity contribution in [2.45, 2.75) is 58.4 Å². The van der Waals surface area contributed by atoms with Crippen LogP contribution >= 0.6 is 0 Å². The average molecular weight is 207 g/mol. The van der Waals surface area contributed by atoms with Crippen molar-refractivity contribution < 1.29 is 0 Å². The highest BCUT2D eigenvalue weighted by atomic mass is 15.1. The van der Waals surface area contributed by atoms with Gasteiger partial charge in [-0.05, 0) is 31.1 Å². The molecular formula is C14H25N. The molecule has 15 heavy (non-hydrogen) atoms. The summed E-state index contributed by atoms with van der Waals surface area (Å²) in [6.45, 7) is 5.87. The van der Waals surface area contributed by atoms with Crippen molar-refractivity contribution >= 4 is 0 Å². The quantitative estimate of drug-likeness (QED) is 0.402. The van der Waals surface area contributed by atoms with Gasteiger partial charge in [-0.2, -0.15) is 0 Å². The Hall–Kier alpha value is -0.300. The number of hydrogen-bond donors (Lipinski definition) is 1. The maximum atomic E-state index is 3.51. The topological polar surface area (TPSA) is 21.9 Å². The largest absolute Gasteiger partial charge is 0.311 e. The summed E-state index contributed by atoms with van der Waals surface area (Å²) in [5.41, 5.74) is 1.72. The van der Waals surface area contributed by atoms with Crippen LogP contribution in [-0.2, 0) is 0 Å². The number of allylic oxidation sites excluding steroid dienone is 2. The van der Waals surface area contributed by atoms with Gasteiger partial charge >= 0.3 is 0 Å². The average Bonchev–Trinajstić information content (AvgIpc) is 3.01. The summed E-state index contributed by atoms with van der Waals surface area (Å²) in [7, 11) is 0. The van der Waals surface area contributed by atoms with Crippen molar-refractivity contribution in [3.05, 3.63) is 11.6 Å². The standard InChI is InChI=1S/C14H25N/c1-3-5-6-7-12-8-11(4-2)9-13(12)14-10-15-14/h8,12-15H,3-7,9-10H2,1-2H3. The number of rotatable bonds is 6. The Morgan fingerprint density at radius 2 is 2.13 bits per heavy atom. The van der Waals surface area contributed by atoms with Crippen molar-refractivity contribution in [1.29, 1.82) is 0 Å². The molecule has 0 bridgehead atoms. The zero-order chi connectivity index (χ0) is 10.7. The molecule has 0 aromatic carbocycles. The lowest BCUT2D eigenvalue weighted by molar-refractivity contribution is 0.379. The highest BCUT2D eigenvalue weighted by Crippen LogP contribution is 2.39. The summed E-state index contributed by atoms with van der Waals surface area (Å²) in [6, 6.07) is 0.858. The van der Waals surface area contributed by atoms with Crippen molar-refractivity contribution in [3.8, 4) is 0 Å². The Bertz CT molecular complexity index is 227. The van der Waals surface area contributed by atoms with E-state index in [1.807, 2.05) is 0 Å². The third-order valence-corrected chi connectivity index (χ3v) is 4.05. The second kappa shape index (κ2) is 5.16. The van der Waals surface area contributed by atoms with E-state index in [1.165, 1.54) is 45.1 Å². The van der Waals surface area contributed by atoms with Crippen LogP contribution in [0.4, 0.5) is 0 Å². The molecule has 1 saturated heterocycles. The molecule has 0 spiro atoms. The van der Waals surface area contributed by atoms with E-state index in [-0.39, 0.29) is 0 Å². The first-order valence-electron chi connectivity index (χ1n) is 6.78. The molecule has 1 nitrogen and oxygen atoms in total. The Labute approximate surface area is 94.3 Å². The van der Waals surface area contributed by atoms with Gasteiger partial charge in [-0.1, -0.05) is 44.8 Å². The third-order valence-electron chi connectivity index (χ3n) is 4.05. The van der Waals surface area contributed by atoms with Gasteiger partial charge in [-0.3, -0.25) is 0 Å². The minimum absolute atomic E-state index is 0.858. The lowest BCUT2D eigenvalue weighted by Crippen LogP contribution is -2.16. The lowest BCUT2D eigenvalue weighted by atomic mass is 9.88. The van der Waals surface area contributed by atoms with E-state index in [2.05, 4.69) is 25.2 Å². The smallest absolute Gasteiger partial charge is 0.0230 e. The first-order valence-corrected chi connectivity index (χ1v) is 6.78. The highest BCUT2D eigenvalue weighted by Gasteiger charge is 2.38. The van der Waals surface area contributed by atoms with E-state index in [0.717, 1.165) is 17.9 Å². The van der Waals surface area contributed by atoms with Gasteiger partial charge in [0.15, 0.2) is 0 Å². The molecule has 3 unspecified atom stereocenters. The molecule has 0 amide bonds. The predicted octanol–water partition coefficient (Wildman–Crippen LogP) is 3.51. The van der Waals surface area contributed by atoms with Crippen molar-refractivity contribution in [2.24, 2.45) is 11.8 Å². The SMILES string of the molecule is CCCCCC1C=C(CC)CC1C1CN1. The predicted molar refractivity (Wildman–Crippen MR) is 65.9 cm³/mol. The van der Waals surface area contributed by atoms with Gasteiger partial charge in [0.05, 0.1) is 0 Å². The van der Waals surface area contributed by atoms with E-state index in [1.54, 1.807) is 5.57 Å². The molecule has 1 aliphatic carbocycles. The summed E-state index contributed by atoms with van der Waals surface area (Å²) in [5, 5.41) is 3.51. The third kappa shape index (κ3) is 2.84. The van der Waals surface area contributed by atoms with Gasteiger partial charge in [0.2, 0.25) is 0 Å². The summed E-state index contributed by atoms with van der Waals surface area (Å²) in [5.74, 6) is 1.84. The van der Waals surface area contributed by atoms with Crippen LogP contribution < -0.4 is 5.32 Å². The van der Waals surface area contributed by atoms with Gasteiger partial charge < -0.3 is 5.32 Å². The fraction of sp³-hybridized carbons (Fsp3) is 0.857. The molecule has 1 aliphatic heterocycles. The molecule has 1 fully saturated rings. The number of hydrogen-bond acceptors (Lipinski definition) is 1. The second-order valence-electron chi connectivity index (χ2n) is 5.22. The van der Waals surface area contributed by atoms with Gasteiger partial charge in [-0.15, -0.1) is 0 Å². The zero-order valence-corrected chi connectivity index (χ0v) is 10.3. The molecule has 2 aliphatic rings. The van der Waals surface area contributed by atoms with E-state index in [4.69, 9.17) is 0 Å². The van der Waals surface area contributed by atoms with E-state index in [9.17, 15) is 0 Å². The zero-order valence-electron chi connectivity index (χ0n) is 10.3. The molecule has 3 atom stereocenters. The van der Waals surface area contributed by atoms with E-state index < -0.39 is 0 Å². The van der Waals surface area contributed by atoms with Crippen LogP contribution in [0.25, 0.3) is 0 Å². The Balaban J connectivity index is 1.84. The summed E-state index contributed by atoms with van der Waals surface area (Å²) in [6.07, 6.45) is 10.9. The Morgan fingerprint density at radius 3 is 2.73 bits per heavy atom. The summed E-state index contributed by atoms with van der Waals surface area (Å²) >= 11 is 0. The van der Waals surface area contributed by atoms with Crippen LogP contribution in [0.5, 0.6) is 0 Å². The molecular weight excluding hydrogens is 182 g/mol. The van der Waals surface area contributed by atoms with Crippen molar-refractivity contribution in [1.82, 2.24) is 5.32 Å². The van der Waals surface area contributed by atoms with E-state index >= 15 is 0 Å². The van der Waals surface area contributed by atoms with Crippen LogP contribution in [-0.4, -0.2) is 12.6 Å². The Morgan fingerprint density at radius 1 is 1.33 bits per heavy atom. The van der Waals surface area contributed by atoms with E-state index in [0.29, 0.717) is 0 Å². The maximum Gasteiger partial charge on any atom is 0.0230 e. The Kier molecular flexibility index (Phi) is 3.85. The second-order valence-corrected chi connectivity index (χ2v) is 5.22. The van der Waals surface area contributed by atoms with Crippen molar-refractivity contribution in [3.63, 3.8) is 0 Å². The molecule has 86 valence electrons. The van der Waals surface area contributed by atoms with Gasteiger partial charge in [-0.25, -0.2) is 0 Å². The van der Waals surface area contributed by atoms with Gasteiger partial charge in [0.1, 0.15) is 0 Å². The van der Waals surface area contributed by atoms with Gasteiger partial charge in [0.25, 0.3) is 0 Å². The molecule has 0 radical (unpaired) electrons. The fourth-order valence-electron chi connectivity index (χ4n) is 2.95. The molecule has 1 N–H and O–H groups in total.